The molecule has 18 heavy (non-hydrogen) atoms. The second-order valence-corrected chi connectivity index (χ2v) is 6.11. The average molecular weight is 267 g/mol. The molecule has 2 unspecified atom stereocenters. The molecule has 3 heteroatoms. The number of rotatable bonds is 3. The Morgan fingerprint density at radius 3 is 2.83 bits per heavy atom. The summed E-state index contributed by atoms with van der Waals surface area (Å²) in [5.41, 5.74) is 1.10. The van der Waals surface area contributed by atoms with Crippen molar-refractivity contribution < 1.29 is 0 Å². The summed E-state index contributed by atoms with van der Waals surface area (Å²) in [4.78, 5) is 4.01. The first-order valence-corrected chi connectivity index (χ1v) is 7.41. The lowest BCUT2D eigenvalue weighted by Gasteiger charge is -2.19. The molecule has 100 valence electrons. The molecule has 1 aromatic heterocycles. The third kappa shape index (κ3) is 3.88. The van der Waals surface area contributed by atoms with Gasteiger partial charge in [0.1, 0.15) is 5.15 Å². The van der Waals surface area contributed by atoms with E-state index in [2.05, 4.69) is 24.1 Å². The summed E-state index contributed by atoms with van der Waals surface area (Å²) in [5, 5.41) is 4.16. The van der Waals surface area contributed by atoms with E-state index >= 15 is 0 Å². The van der Waals surface area contributed by atoms with E-state index in [4.69, 9.17) is 11.6 Å². The highest BCUT2D eigenvalue weighted by Gasteiger charge is 2.20. The lowest BCUT2D eigenvalue weighted by Crippen LogP contribution is -2.18. The van der Waals surface area contributed by atoms with Gasteiger partial charge in [0.15, 0.2) is 0 Å². The molecule has 1 heterocycles. The predicted molar refractivity (Wildman–Crippen MR) is 78.1 cm³/mol. The standard InChI is InChI=1S/C15H23ClN2/c1-11(2)12-4-3-5-13(7-6-12)18-14-8-9-17-15(16)10-14/h8-13H,3-7H2,1-2H3,(H,17,18). The molecule has 0 spiro atoms. The smallest absolute Gasteiger partial charge is 0.131 e. The van der Waals surface area contributed by atoms with Crippen LogP contribution >= 0.6 is 11.6 Å². The minimum Gasteiger partial charge on any atom is -0.382 e. The van der Waals surface area contributed by atoms with E-state index in [9.17, 15) is 0 Å². The zero-order valence-electron chi connectivity index (χ0n) is 11.3. The maximum Gasteiger partial charge on any atom is 0.131 e. The number of anilines is 1. The number of nitrogens with zero attached hydrogens (tertiary/aromatic N) is 1. The Morgan fingerprint density at radius 2 is 2.11 bits per heavy atom. The van der Waals surface area contributed by atoms with Crippen LogP contribution in [0.3, 0.4) is 0 Å². The number of halogens is 1. The first-order valence-electron chi connectivity index (χ1n) is 7.03. The van der Waals surface area contributed by atoms with E-state index in [-0.39, 0.29) is 0 Å². The van der Waals surface area contributed by atoms with Crippen LogP contribution in [0.1, 0.15) is 46.0 Å². The first kappa shape index (κ1) is 13.7. The highest BCUT2D eigenvalue weighted by atomic mass is 35.5. The van der Waals surface area contributed by atoms with E-state index in [1.165, 1.54) is 32.1 Å². The second kappa shape index (κ2) is 6.42. The Labute approximate surface area is 115 Å². The molecule has 1 aliphatic carbocycles. The number of aromatic nitrogens is 1. The molecule has 0 bridgehead atoms. The van der Waals surface area contributed by atoms with Crippen molar-refractivity contribution in [3.05, 3.63) is 23.5 Å². The van der Waals surface area contributed by atoms with Crippen LogP contribution in [-0.2, 0) is 0 Å². The topological polar surface area (TPSA) is 24.9 Å². The molecule has 1 aromatic rings. The van der Waals surface area contributed by atoms with Gasteiger partial charge in [-0.3, -0.25) is 0 Å². The van der Waals surface area contributed by atoms with Gasteiger partial charge in [-0.25, -0.2) is 4.98 Å². The fourth-order valence-electron chi connectivity index (χ4n) is 2.87. The third-order valence-electron chi connectivity index (χ3n) is 4.05. The van der Waals surface area contributed by atoms with Crippen LogP contribution in [-0.4, -0.2) is 11.0 Å². The maximum atomic E-state index is 5.91. The van der Waals surface area contributed by atoms with Crippen molar-refractivity contribution in [1.29, 1.82) is 0 Å². The molecule has 2 atom stereocenters. The van der Waals surface area contributed by atoms with Crippen molar-refractivity contribution in [2.45, 2.75) is 52.0 Å². The number of hydrogen-bond acceptors (Lipinski definition) is 2. The van der Waals surface area contributed by atoms with Gasteiger partial charge in [-0.15, -0.1) is 0 Å². The summed E-state index contributed by atoms with van der Waals surface area (Å²) < 4.78 is 0. The van der Waals surface area contributed by atoms with Gasteiger partial charge in [-0.2, -0.15) is 0 Å². The predicted octanol–water partition coefficient (Wildman–Crippen LogP) is 4.75. The van der Waals surface area contributed by atoms with Gasteiger partial charge in [-0.1, -0.05) is 38.3 Å². The molecule has 1 saturated carbocycles. The minimum absolute atomic E-state index is 0.564. The molecule has 0 radical (unpaired) electrons. The fraction of sp³-hybridized carbons (Fsp3) is 0.667. The van der Waals surface area contributed by atoms with Crippen molar-refractivity contribution >= 4 is 17.3 Å². The van der Waals surface area contributed by atoms with Crippen LogP contribution < -0.4 is 5.32 Å². The van der Waals surface area contributed by atoms with Gasteiger partial charge >= 0.3 is 0 Å². The monoisotopic (exact) mass is 266 g/mol. The molecule has 2 nitrogen and oxygen atoms in total. The van der Waals surface area contributed by atoms with Gasteiger partial charge in [0.2, 0.25) is 0 Å². The Balaban J connectivity index is 1.91. The molecule has 1 aliphatic rings. The average Bonchev–Trinajstić information content (AvgIpc) is 2.55. The second-order valence-electron chi connectivity index (χ2n) is 5.72. The molecule has 0 saturated heterocycles. The van der Waals surface area contributed by atoms with Gasteiger partial charge in [-0.05, 0) is 43.2 Å². The lowest BCUT2D eigenvalue weighted by atomic mass is 9.89. The van der Waals surface area contributed by atoms with Crippen molar-refractivity contribution in [2.24, 2.45) is 11.8 Å². The fourth-order valence-corrected chi connectivity index (χ4v) is 3.04. The number of hydrogen-bond donors (Lipinski definition) is 1. The SMILES string of the molecule is CC(C)C1CCCC(Nc2ccnc(Cl)c2)CC1. The molecule has 1 N–H and O–H groups in total. The van der Waals surface area contributed by atoms with Crippen LogP contribution in [0.2, 0.25) is 5.15 Å². The lowest BCUT2D eigenvalue weighted by molar-refractivity contribution is 0.341. The molecular formula is C15H23ClN2. The van der Waals surface area contributed by atoms with Crippen LogP contribution in [0.25, 0.3) is 0 Å². The van der Waals surface area contributed by atoms with Crippen molar-refractivity contribution in [3.63, 3.8) is 0 Å². The van der Waals surface area contributed by atoms with E-state index in [1.54, 1.807) is 6.20 Å². The van der Waals surface area contributed by atoms with Crippen LogP contribution in [0.15, 0.2) is 18.3 Å². The molecule has 0 aliphatic heterocycles. The highest BCUT2D eigenvalue weighted by molar-refractivity contribution is 6.29. The number of nitrogens with one attached hydrogen (secondary N) is 1. The minimum atomic E-state index is 0.564. The van der Waals surface area contributed by atoms with Crippen LogP contribution in [0, 0.1) is 11.8 Å². The zero-order valence-corrected chi connectivity index (χ0v) is 12.1. The van der Waals surface area contributed by atoms with Crippen LogP contribution in [0.5, 0.6) is 0 Å². The molecule has 0 amide bonds. The molecule has 0 aromatic carbocycles. The van der Waals surface area contributed by atoms with Gasteiger partial charge in [0.05, 0.1) is 0 Å². The van der Waals surface area contributed by atoms with Gasteiger partial charge < -0.3 is 5.32 Å². The zero-order chi connectivity index (χ0) is 13.0. The Bertz CT molecular complexity index is 379. The summed E-state index contributed by atoms with van der Waals surface area (Å²) in [6.45, 7) is 4.70. The first-order chi connectivity index (χ1) is 8.65. The number of pyridine rings is 1. The maximum absolute atomic E-state index is 5.91. The summed E-state index contributed by atoms with van der Waals surface area (Å²) in [6.07, 6.45) is 8.35. The van der Waals surface area contributed by atoms with E-state index < -0.39 is 0 Å². The summed E-state index contributed by atoms with van der Waals surface area (Å²) in [6, 6.07) is 4.50. The molecular weight excluding hydrogens is 244 g/mol. The third-order valence-corrected chi connectivity index (χ3v) is 4.26. The molecule has 2 rings (SSSR count). The Hall–Kier alpha value is -0.760. The largest absolute Gasteiger partial charge is 0.382 e. The van der Waals surface area contributed by atoms with E-state index in [1.807, 2.05) is 12.1 Å². The molecule has 1 fully saturated rings. The quantitative estimate of drug-likeness (QED) is 0.631. The van der Waals surface area contributed by atoms with Crippen molar-refractivity contribution in [3.8, 4) is 0 Å². The van der Waals surface area contributed by atoms with E-state index in [0.29, 0.717) is 11.2 Å². The van der Waals surface area contributed by atoms with E-state index in [0.717, 1.165) is 17.5 Å². The van der Waals surface area contributed by atoms with Crippen molar-refractivity contribution in [1.82, 2.24) is 4.98 Å². The van der Waals surface area contributed by atoms with Crippen molar-refractivity contribution in [2.75, 3.05) is 5.32 Å². The van der Waals surface area contributed by atoms with Gasteiger partial charge in [0.25, 0.3) is 0 Å². The normalized spacial score (nSPS) is 24.9. The van der Waals surface area contributed by atoms with Crippen LogP contribution in [0.4, 0.5) is 5.69 Å². The Morgan fingerprint density at radius 1 is 1.28 bits per heavy atom. The summed E-state index contributed by atoms with van der Waals surface area (Å²) in [5.74, 6) is 1.72. The summed E-state index contributed by atoms with van der Waals surface area (Å²) >= 11 is 5.91. The highest BCUT2D eigenvalue weighted by Crippen LogP contribution is 2.30. The van der Waals surface area contributed by atoms with Gasteiger partial charge in [0, 0.05) is 17.9 Å². The Kier molecular flexibility index (Phi) is 4.87. The summed E-state index contributed by atoms with van der Waals surface area (Å²) in [7, 11) is 0.